The summed E-state index contributed by atoms with van der Waals surface area (Å²) in [5.74, 6) is -0.304. The number of hydrogen-bond acceptors (Lipinski definition) is 5. The lowest BCUT2D eigenvalue weighted by molar-refractivity contribution is 0.0695. The number of anilines is 1. The SMILES string of the molecule is Cc1nc2cccc(-c3cc(C(=O)O)c(C(C)N)[nH]3)c2nc1NC(C)(C)C. The minimum absolute atomic E-state index is 0.160. The fraction of sp³-hybridized carbons (Fsp3) is 0.350. The minimum atomic E-state index is -1.01. The summed E-state index contributed by atoms with van der Waals surface area (Å²) in [5, 5.41) is 12.9. The number of H-pyrrole nitrogens is 1. The van der Waals surface area contributed by atoms with E-state index in [1.807, 2.05) is 25.1 Å². The van der Waals surface area contributed by atoms with E-state index in [9.17, 15) is 9.90 Å². The van der Waals surface area contributed by atoms with Crippen molar-refractivity contribution in [2.45, 2.75) is 46.2 Å². The molecule has 7 nitrogen and oxygen atoms in total. The van der Waals surface area contributed by atoms with E-state index in [-0.39, 0.29) is 11.1 Å². The Kier molecular flexibility index (Phi) is 4.65. The van der Waals surface area contributed by atoms with Crippen molar-refractivity contribution in [3.05, 3.63) is 41.2 Å². The molecule has 0 amide bonds. The Morgan fingerprint density at radius 2 is 2.00 bits per heavy atom. The lowest BCUT2D eigenvalue weighted by Crippen LogP contribution is -2.27. The number of fused-ring (bicyclic) bond motifs is 1. The van der Waals surface area contributed by atoms with Crippen LogP contribution in [0.3, 0.4) is 0 Å². The Morgan fingerprint density at radius 3 is 2.56 bits per heavy atom. The molecule has 2 aromatic heterocycles. The van der Waals surface area contributed by atoms with Crippen molar-refractivity contribution in [3.8, 4) is 11.3 Å². The highest BCUT2D eigenvalue weighted by molar-refractivity contribution is 5.95. The average molecular weight is 367 g/mol. The van der Waals surface area contributed by atoms with E-state index in [2.05, 4.69) is 36.1 Å². The maximum absolute atomic E-state index is 11.6. The van der Waals surface area contributed by atoms with Crippen molar-refractivity contribution in [3.63, 3.8) is 0 Å². The molecule has 0 bridgehead atoms. The van der Waals surface area contributed by atoms with Crippen LogP contribution in [0.2, 0.25) is 0 Å². The number of aromatic amines is 1. The number of nitrogens with zero attached hydrogens (tertiary/aromatic N) is 2. The highest BCUT2D eigenvalue weighted by atomic mass is 16.4. The van der Waals surface area contributed by atoms with Crippen LogP contribution in [0.1, 0.15) is 55.5 Å². The first-order valence-corrected chi connectivity index (χ1v) is 8.84. The molecule has 7 heteroatoms. The van der Waals surface area contributed by atoms with Gasteiger partial charge in [0.05, 0.1) is 16.8 Å². The number of aromatic carboxylic acids is 1. The summed E-state index contributed by atoms with van der Waals surface area (Å²) in [6, 6.07) is 6.86. The van der Waals surface area contributed by atoms with Crippen LogP contribution in [-0.4, -0.2) is 31.6 Å². The summed E-state index contributed by atoms with van der Waals surface area (Å²) in [7, 11) is 0. The van der Waals surface area contributed by atoms with E-state index in [0.717, 1.165) is 16.8 Å². The van der Waals surface area contributed by atoms with Crippen LogP contribution >= 0.6 is 0 Å². The molecule has 1 aromatic carbocycles. The second kappa shape index (κ2) is 6.66. The van der Waals surface area contributed by atoms with Gasteiger partial charge < -0.3 is 21.1 Å². The summed E-state index contributed by atoms with van der Waals surface area (Å²) in [6.07, 6.45) is 0. The van der Waals surface area contributed by atoms with Gasteiger partial charge in [-0.05, 0) is 46.8 Å². The van der Waals surface area contributed by atoms with Crippen molar-refractivity contribution in [2.75, 3.05) is 5.32 Å². The Balaban J connectivity index is 2.22. The van der Waals surface area contributed by atoms with Crippen LogP contribution in [0.5, 0.6) is 0 Å². The zero-order valence-corrected chi connectivity index (χ0v) is 16.2. The predicted octanol–water partition coefficient (Wildman–Crippen LogP) is 3.86. The minimum Gasteiger partial charge on any atom is -0.478 e. The fourth-order valence-electron chi connectivity index (χ4n) is 3.01. The highest BCUT2D eigenvalue weighted by Gasteiger charge is 2.20. The topological polar surface area (TPSA) is 117 Å². The molecule has 5 N–H and O–H groups in total. The Morgan fingerprint density at radius 1 is 1.30 bits per heavy atom. The molecule has 0 saturated heterocycles. The van der Waals surface area contributed by atoms with Crippen molar-refractivity contribution >= 4 is 22.8 Å². The molecule has 0 aliphatic carbocycles. The first kappa shape index (κ1) is 18.8. The number of nitrogens with two attached hydrogens (primary N) is 1. The molecule has 0 aliphatic heterocycles. The van der Waals surface area contributed by atoms with E-state index in [1.54, 1.807) is 13.0 Å². The van der Waals surface area contributed by atoms with Crippen LogP contribution in [0.15, 0.2) is 24.3 Å². The van der Waals surface area contributed by atoms with Crippen LogP contribution < -0.4 is 11.1 Å². The summed E-state index contributed by atoms with van der Waals surface area (Å²) in [6.45, 7) is 9.84. The van der Waals surface area contributed by atoms with E-state index < -0.39 is 12.0 Å². The van der Waals surface area contributed by atoms with Gasteiger partial charge in [-0.3, -0.25) is 0 Å². The number of aryl methyl sites for hydroxylation is 1. The molecular formula is C20H25N5O2. The Labute approximate surface area is 158 Å². The number of para-hydroxylation sites is 1. The second-order valence-corrected chi connectivity index (χ2v) is 7.81. The largest absolute Gasteiger partial charge is 0.478 e. The third kappa shape index (κ3) is 3.78. The van der Waals surface area contributed by atoms with Gasteiger partial charge in [-0.2, -0.15) is 0 Å². The van der Waals surface area contributed by atoms with E-state index in [1.165, 1.54) is 0 Å². The fourth-order valence-corrected chi connectivity index (χ4v) is 3.01. The number of carbonyl (C=O) groups is 1. The smallest absolute Gasteiger partial charge is 0.337 e. The number of hydrogen-bond donors (Lipinski definition) is 4. The van der Waals surface area contributed by atoms with E-state index >= 15 is 0 Å². The summed E-state index contributed by atoms with van der Waals surface area (Å²) < 4.78 is 0. The molecule has 0 saturated carbocycles. The monoisotopic (exact) mass is 367 g/mol. The van der Waals surface area contributed by atoms with Gasteiger partial charge in [-0.1, -0.05) is 12.1 Å². The molecule has 142 valence electrons. The van der Waals surface area contributed by atoms with Crippen molar-refractivity contribution in [1.29, 1.82) is 0 Å². The zero-order chi connectivity index (χ0) is 19.9. The Bertz CT molecular complexity index is 1020. The average Bonchev–Trinajstić information content (AvgIpc) is 2.99. The molecule has 1 atom stereocenters. The van der Waals surface area contributed by atoms with E-state index in [4.69, 9.17) is 10.7 Å². The van der Waals surface area contributed by atoms with Gasteiger partial charge in [-0.25, -0.2) is 14.8 Å². The maximum atomic E-state index is 11.6. The van der Waals surface area contributed by atoms with Crippen LogP contribution in [0.4, 0.5) is 5.82 Å². The first-order chi connectivity index (χ1) is 12.6. The number of carboxylic acids is 1. The summed E-state index contributed by atoms with van der Waals surface area (Å²) in [4.78, 5) is 24.2. The van der Waals surface area contributed by atoms with Gasteiger partial charge in [0.25, 0.3) is 0 Å². The van der Waals surface area contributed by atoms with Crippen molar-refractivity contribution in [2.24, 2.45) is 5.73 Å². The molecular weight excluding hydrogens is 342 g/mol. The zero-order valence-electron chi connectivity index (χ0n) is 16.2. The summed E-state index contributed by atoms with van der Waals surface area (Å²) in [5.41, 5.74) is 10.1. The van der Waals surface area contributed by atoms with Gasteiger partial charge in [0.1, 0.15) is 11.3 Å². The van der Waals surface area contributed by atoms with Gasteiger partial charge in [-0.15, -0.1) is 0 Å². The van der Waals surface area contributed by atoms with Crippen molar-refractivity contribution in [1.82, 2.24) is 15.0 Å². The number of benzene rings is 1. The molecule has 27 heavy (non-hydrogen) atoms. The quantitative estimate of drug-likeness (QED) is 0.556. The molecule has 0 spiro atoms. The highest BCUT2D eigenvalue weighted by Crippen LogP contribution is 2.31. The second-order valence-electron chi connectivity index (χ2n) is 7.81. The molecule has 1 unspecified atom stereocenters. The molecule has 3 aromatic rings. The predicted molar refractivity (Wildman–Crippen MR) is 107 cm³/mol. The Hall–Kier alpha value is -2.93. The van der Waals surface area contributed by atoms with Gasteiger partial charge in [0.2, 0.25) is 0 Å². The lowest BCUT2D eigenvalue weighted by Gasteiger charge is -2.22. The third-order valence-electron chi connectivity index (χ3n) is 4.19. The van der Waals surface area contributed by atoms with Gasteiger partial charge >= 0.3 is 5.97 Å². The molecule has 0 aliphatic rings. The molecule has 0 radical (unpaired) electrons. The maximum Gasteiger partial charge on any atom is 0.337 e. The lowest BCUT2D eigenvalue weighted by atomic mass is 10.1. The van der Waals surface area contributed by atoms with Crippen molar-refractivity contribution < 1.29 is 9.90 Å². The van der Waals surface area contributed by atoms with Crippen LogP contribution in [0, 0.1) is 6.92 Å². The summed E-state index contributed by atoms with van der Waals surface area (Å²) >= 11 is 0. The van der Waals surface area contributed by atoms with Gasteiger partial charge in [0.15, 0.2) is 0 Å². The van der Waals surface area contributed by atoms with E-state index in [0.29, 0.717) is 22.7 Å². The standard InChI is InChI=1S/C20H25N5O2/c1-10(21)16-13(19(26)27)9-15(23-16)12-7-6-8-14-17(12)24-18(11(2)22-14)25-20(3,4)5/h6-10,23H,21H2,1-5H3,(H,24,25)(H,26,27). The number of nitrogens with one attached hydrogen (secondary N) is 2. The number of aromatic nitrogens is 3. The van der Waals surface area contributed by atoms with Gasteiger partial charge in [0, 0.05) is 28.5 Å². The first-order valence-electron chi connectivity index (χ1n) is 8.84. The third-order valence-corrected chi connectivity index (χ3v) is 4.19. The number of carboxylic acid groups (broad SMARTS) is 1. The number of rotatable bonds is 4. The van der Waals surface area contributed by atoms with Crippen LogP contribution in [-0.2, 0) is 0 Å². The molecule has 3 rings (SSSR count). The molecule has 2 heterocycles. The van der Waals surface area contributed by atoms with Crippen LogP contribution in [0.25, 0.3) is 22.3 Å². The normalized spacial score (nSPS) is 13.0. The molecule has 0 fully saturated rings.